The largest absolute Gasteiger partial charge is 0.313 e. The van der Waals surface area contributed by atoms with E-state index in [0.29, 0.717) is 12.1 Å². The summed E-state index contributed by atoms with van der Waals surface area (Å²) < 4.78 is 0. The van der Waals surface area contributed by atoms with Crippen molar-refractivity contribution in [1.82, 2.24) is 10.2 Å². The van der Waals surface area contributed by atoms with Crippen LogP contribution in [-0.2, 0) is 0 Å². The topological polar surface area (TPSA) is 15.3 Å². The fraction of sp³-hybridized carbons (Fsp3) is 1.00. The Hall–Kier alpha value is -0.0800. The average molecular weight is 226 g/mol. The van der Waals surface area contributed by atoms with Gasteiger partial charge in [0.25, 0.3) is 0 Å². The van der Waals surface area contributed by atoms with E-state index in [4.69, 9.17) is 0 Å². The van der Waals surface area contributed by atoms with E-state index in [1.54, 1.807) is 0 Å². The van der Waals surface area contributed by atoms with Gasteiger partial charge in [-0.05, 0) is 46.1 Å². The standard InChI is InChI=1S/C14H30N2/c1-6-12(4)13(5)16(11(2)3)10-14-8-7-9-15-14/h11-15H,6-10H2,1-5H3. The maximum atomic E-state index is 3.61. The van der Waals surface area contributed by atoms with Crippen molar-refractivity contribution in [3.63, 3.8) is 0 Å². The lowest BCUT2D eigenvalue weighted by atomic mass is 9.97. The first-order valence-corrected chi connectivity index (χ1v) is 7.05. The highest BCUT2D eigenvalue weighted by molar-refractivity contribution is 4.83. The quantitative estimate of drug-likeness (QED) is 0.749. The Balaban J connectivity index is 2.51. The minimum Gasteiger partial charge on any atom is -0.313 e. The van der Waals surface area contributed by atoms with Crippen LogP contribution in [0.3, 0.4) is 0 Å². The van der Waals surface area contributed by atoms with E-state index in [1.165, 1.54) is 32.4 Å². The number of nitrogens with zero attached hydrogens (tertiary/aromatic N) is 1. The number of hydrogen-bond donors (Lipinski definition) is 1. The Bertz CT molecular complexity index is 185. The van der Waals surface area contributed by atoms with Gasteiger partial charge in [0.2, 0.25) is 0 Å². The van der Waals surface area contributed by atoms with Gasteiger partial charge in [-0.3, -0.25) is 4.90 Å². The highest BCUT2D eigenvalue weighted by Crippen LogP contribution is 2.19. The molecule has 1 aliphatic heterocycles. The Kier molecular flexibility index (Phi) is 5.77. The molecule has 0 spiro atoms. The molecule has 0 aromatic rings. The molecule has 0 saturated carbocycles. The van der Waals surface area contributed by atoms with Crippen molar-refractivity contribution in [1.29, 1.82) is 0 Å². The van der Waals surface area contributed by atoms with Gasteiger partial charge in [0.1, 0.15) is 0 Å². The first-order chi connectivity index (χ1) is 7.56. The van der Waals surface area contributed by atoms with Crippen LogP contribution in [0.2, 0.25) is 0 Å². The van der Waals surface area contributed by atoms with Crippen molar-refractivity contribution in [2.75, 3.05) is 13.1 Å². The molecule has 2 heteroatoms. The van der Waals surface area contributed by atoms with Crippen LogP contribution in [0, 0.1) is 5.92 Å². The van der Waals surface area contributed by atoms with E-state index in [2.05, 4.69) is 44.8 Å². The van der Waals surface area contributed by atoms with Gasteiger partial charge in [0.05, 0.1) is 0 Å². The molecule has 1 fully saturated rings. The molecule has 1 heterocycles. The zero-order valence-electron chi connectivity index (χ0n) is 11.8. The van der Waals surface area contributed by atoms with Gasteiger partial charge in [-0.25, -0.2) is 0 Å². The summed E-state index contributed by atoms with van der Waals surface area (Å²) in [5.41, 5.74) is 0. The van der Waals surface area contributed by atoms with Crippen molar-refractivity contribution in [3.8, 4) is 0 Å². The molecule has 96 valence electrons. The Labute approximate surface area is 102 Å². The molecule has 0 aromatic heterocycles. The SMILES string of the molecule is CCC(C)C(C)N(CC1CCCN1)C(C)C. The molecule has 16 heavy (non-hydrogen) atoms. The summed E-state index contributed by atoms with van der Waals surface area (Å²) in [6, 6.07) is 2.09. The van der Waals surface area contributed by atoms with E-state index in [0.717, 1.165) is 12.0 Å². The van der Waals surface area contributed by atoms with Crippen LogP contribution in [0.5, 0.6) is 0 Å². The summed E-state index contributed by atoms with van der Waals surface area (Å²) >= 11 is 0. The third kappa shape index (κ3) is 3.74. The highest BCUT2D eigenvalue weighted by Gasteiger charge is 2.25. The number of nitrogens with one attached hydrogen (secondary N) is 1. The highest BCUT2D eigenvalue weighted by atomic mass is 15.2. The molecule has 0 aromatic carbocycles. The summed E-state index contributed by atoms with van der Waals surface area (Å²) in [5, 5.41) is 3.61. The molecule has 1 rings (SSSR count). The molecule has 0 aliphatic carbocycles. The fourth-order valence-corrected chi connectivity index (χ4v) is 2.68. The summed E-state index contributed by atoms with van der Waals surface area (Å²) in [6.45, 7) is 14.2. The Morgan fingerprint density at radius 2 is 1.94 bits per heavy atom. The van der Waals surface area contributed by atoms with Crippen molar-refractivity contribution in [2.45, 2.75) is 72.0 Å². The second kappa shape index (κ2) is 6.61. The third-order valence-electron chi connectivity index (χ3n) is 4.25. The molecule has 2 nitrogen and oxygen atoms in total. The summed E-state index contributed by atoms with van der Waals surface area (Å²) in [5.74, 6) is 0.795. The molecule has 1 aliphatic rings. The minimum atomic E-state index is 0.659. The molecular weight excluding hydrogens is 196 g/mol. The number of rotatable bonds is 6. The molecule has 1 saturated heterocycles. The molecule has 3 atom stereocenters. The van der Waals surface area contributed by atoms with E-state index < -0.39 is 0 Å². The lowest BCUT2D eigenvalue weighted by molar-refractivity contribution is 0.111. The van der Waals surface area contributed by atoms with Crippen LogP contribution in [0.25, 0.3) is 0 Å². The van der Waals surface area contributed by atoms with Gasteiger partial charge in [-0.2, -0.15) is 0 Å². The van der Waals surface area contributed by atoms with Crippen LogP contribution in [-0.4, -0.2) is 36.1 Å². The molecule has 0 radical (unpaired) electrons. The lowest BCUT2D eigenvalue weighted by Gasteiger charge is -2.37. The summed E-state index contributed by atoms with van der Waals surface area (Å²) in [7, 11) is 0. The van der Waals surface area contributed by atoms with E-state index in [-0.39, 0.29) is 0 Å². The van der Waals surface area contributed by atoms with Crippen molar-refractivity contribution < 1.29 is 0 Å². The predicted molar refractivity (Wildman–Crippen MR) is 71.8 cm³/mol. The second-order valence-corrected chi connectivity index (χ2v) is 5.71. The molecule has 0 bridgehead atoms. The summed E-state index contributed by atoms with van der Waals surface area (Å²) in [6.07, 6.45) is 3.99. The summed E-state index contributed by atoms with van der Waals surface area (Å²) in [4.78, 5) is 2.68. The van der Waals surface area contributed by atoms with Crippen molar-refractivity contribution >= 4 is 0 Å². The van der Waals surface area contributed by atoms with Gasteiger partial charge < -0.3 is 5.32 Å². The van der Waals surface area contributed by atoms with E-state index >= 15 is 0 Å². The van der Waals surface area contributed by atoms with Gasteiger partial charge in [0.15, 0.2) is 0 Å². The van der Waals surface area contributed by atoms with E-state index in [1.807, 2.05) is 0 Å². The second-order valence-electron chi connectivity index (χ2n) is 5.71. The zero-order chi connectivity index (χ0) is 12.1. The zero-order valence-corrected chi connectivity index (χ0v) is 11.8. The van der Waals surface area contributed by atoms with Crippen LogP contribution >= 0.6 is 0 Å². The average Bonchev–Trinajstić information content (AvgIpc) is 2.76. The molecular formula is C14H30N2. The maximum Gasteiger partial charge on any atom is 0.0195 e. The van der Waals surface area contributed by atoms with Crippen LogP contribution in [0.1, 0.15) is 53.9 Å². The van der Waals surface area contributed by atoms with Crippen molar-refractivity contribution in [2.24, 2.45) is 5.92 Å². The lowest BCUT2D eigenvalue weighted by Crippen LogP contribution is -2.48. The Morgan fingerprint density at radius 1 is 1.25 bits per heavy atom. The monoisotopic (exact) mass is 226 g/mol. The third-order valence-corrected chi connectivity index (χ3v) is 4.25. The van der Waals surface area contributed by atoms with E-state index in [9.17, 15) is 0 Å². The smallest absolute Gasteiger partial charge is 0.0195 e. The van der Waals surface area contributed by atoms with Gasteiger partial charge in [0, 0.05) is 24.7 Å². The van der Waals surface area contributed by atoms with Crippen LogP contribution < -0.4 is 5.32 Å². The first kappa shape index (κ1) is 14.0. The molecule has 0 amide bonds. The first-order valence-electron chi connectivity index (χ1n) is 7.05. The van der Waals surface area contributed by atoms with Gasteiger partial charge >= 0.3 is 0 Å². The van der Waals surface area contributed by atoms with Crippen molar-refractivity contribution in [3.05, 3.63) is 0 Å². The van der Waals surface area contributed by atoms with Crippen LogP contribution in [0.4, 0.5) is 0 Å². The number of hydrogen-bond acceptors (Lipinski definition) is 2. The molecule has 1 N–H and O–H groups in total. The predicted octanol–water partition coefficient (Wildman–Crippen LogP) is 2.88. The van der Waals surface area contributed by atoms with Crippen LogP contribution in [0.15, 0.2) is 0 Å². The Morgan fingerprint density at radius 3 is 2.38 bits per heavy atom. The van der Waals surface area contributed by atoms with Gasteiger partial charge in [-0.15, -0.1) is 0 Å². The fourth-order valence-electron chi connectivity index (χ4n) is 2.68. The molecule has 3 unspecified atom stereocenters. The minimum absolute atomic E-state index is 0.659. The maximum absolute atomic E-state index is 3.61. The normalized spacial score (nSPS) is 25.3. The van der Waals surface area contributed by atoms with Gasteiger partial charge in [-0.1, -0.05) is 20.3 Å².